The first kappa shape index (κ1) is 15.5. The molecule has 0 N–H and O–H groups in total. The molecule has 0 fully saturated rings. The van der Waals surface area contributed by atoms with Crippen LogP contribution in [0.1, 0.15) is 29.9 Å². The van der Waals surface area contributed by atoms with Crippen molar-refractivity contribution in [3.05, 3.63) is 20.8 Å². The maximum absolute atomic E-state index is 11.8. The Kier molecular flexibility index (Phi) is 6.70. The zero-order valence-electron chi connectivity index (χ0n) is 10.3. The first-order chi connectivity index (χ1) is 8.58. The molecule has 1 rings (SSSR count). The summed E-state index contributed by atoms with van der Waals surface area (Å²) in [5.41, 5.74) is 0. The summed E-state index contributed by atoms with van der Waals surface area (Å²) in [6.45, 7) is 4.29. The Balaban J connectivity index is 2.59. The van der Waals surface area contributed by atoms with E-state index in [-0.39, 0.29) is 18.0 Å². The lowest BCUT2D eigenvalue weighted by Gasteiger charge is -2.14. The smallest absolute Gasteiger partial charge is 0.218 e. The van der Waals surface area contributed by atoms with Gasteiger partial charge in [-0.15, -0.1) is 11.3 Å². The summed E-state index contributed by atoms with van der Waals surface area (Å²) >= 11 is 4.58. The number of hydrogen-bond acceptors (Lipinski definition) is 5. The molecule has 0 aliphatic rings. The van der Waals surface area contributed by atoms with E-state index in [2.05, 4.69) is 15.9 Å². The van der Waals surface area contributed by atoms with Crippen LogP contribution >= 0.6 is 27.3 Å². The molecule has 0 aromatic carbocycles. The highest BCUT2D eigenvalue weighted by atomic mass is 79.9. The molecule has 1 heterocycles. The number of hydrogen-bond donors (Lipinski definition) is 0. The van der Waals surface area contributed by atoms with Gasteiger partial charge >= 0.3 is 0 Å². The van der Waals surface area contributed by atoms with Crippen LogP contribution in [-0.4, -0.2) is 31.1 Å². The van der Waals surface area contributed by atoms with Crippen LogP contribution in [0.15, 0.2) is 15.9 Å². The molecule has 0 radical (unpaired) electrons. The van der Waals surface area contributed by atoms with Crippen molar-refractivity contribution >= 4 is 38.8 Å². The van der Waals surface area contributed by atoms with Crippen molar-refractivity contribution in [3.8, 4) is 0 Å². The highest BCUT2D eigenvalue weighted by molar-refractivity contribution is 9.10. The molecule has 0 saturated carbocycles. The van der Waals surface area contributed by atoms with Gasteiger partial charge in [-0.3, -0.25) is 9.59 Å². The second-order valence-corrected chi connectivity index (χ2v) is 5.26. The van der Waals surface area contributed by atoms with E-state index < -0.39 is 6.29 Å². The predicted molar refractivity (Wildman–Crippen MR) is 73.0 cm³/mol. The van der Waals surface area contributed by atoms with Gasteiger partial charge in [0, 0.05) is 23.1 Å². The molecule has 100 valence electrons. The minimum Gasteiger partial charge on any atom is -0.346 e. The molecule has 1 aromatic rings. The molecule has 0 atom stereocenters. The van der Waals surface area contributed by atoms with Gasteiger partial charge in [0.1, 0.15) is 0 Å². The summed E-state index contributed by atoms with van der Waals surface area (Å²) in [5.74, 6) is -0.548. The topological polar surface area (TPSA) is 52.6 Å². The van der Waals surface area contributed by atoms with E-state index in [1.165, 1.54) is 11.3 Å². The standard InChI is InChI=1S/C12H15BrO4S/c1-3-16-12(17-4-2)10(15)6-9(14)11-5-8(13)7-18-11/h5,7,12H,3-4,6H2,1-2H3. The molecule has 18 heavy (non-hydrogen) atoms. The summed E-state index contributed by atoms with van der Waals surface area (Å²) in [6.07, 6.45) is -1.13. The number of ether oxygens (including phenoxy) is 2. The lowest BCUT2D eigenvalue weighted by molar-refractivity contribution is -0.166. The van der Waals surface area contributed by atoms with Gasteiger partial charge in [0.25, 0.3) is 0 Å². The Labute approximate surface area is 118 Å². The predicted octanol–water partition coefficient (Wildman–Crippen LogP) is 3.05. The fourth-order valence-electron chi connectivity index (χ4n) is 1.32. The van der Waals surface area contributed by atoms with Crippen LogP contribution in [0.5, 0.6) is 0 Å². The number of ketones is 2. The fourth-order valence-corrected chi connectivity index (χ4v) is 2.69. The van der Waals surface area contributed by atoms with Crippen LogP contribution in [0, 0.1) is 0 Å². The monoisotopic (exact) mass is 334 g/mol. The number of thiophene rings is 1. The largest absolute Gasteiger partial charge is 0.346 e. The van der Waals surface area contributed by atoms with Gasteiger partial charge in [-0.05, 0) is 35.8 Å². The molecular weight excluding hydrogens is 320 g/mol. The van der Waals surface area contributed by atoms with E-state index in [0.29, 0.717) is 18.1 Å². The quantitative estimate of drug-likeness (QED) is 0.416. The maximum Gasteiger partial charge on any atom is 0.218 e. The average Bonchev–Trinajstić information content (AvgIpc) is 2.75. The SMILES string of the molecule is CCOC(OCC)C(=O)CC(=O)c1cc(Br)cs1. The molecule has 0 aliphatic heterocycles. The molecule has 0 saturated heterocycles. The number of Topliss-reactive ketones (excluding diaryl/α,β-unsaturated/α-hetero) is 2. The lowest BCUT2D eigenvalue weighted by atomic mass is 10.1. The van der Waals surface area contributed by atoms with Crippen LogP contribution in [0.4, 0.5) is 0 Å². The molecular formula is C12H15BrO4S. The van der Waals surface area contributed by atoms with Crippen LogP contribution in [0.25, 0.3) is 0 Å². The molecule has 0 amide bonds. The van der Waals surface area contributed by atoms with Crippen molar-refractivity contribution in [2.75, 3.05) is 13.2 Å². The summed E-state index contributed by atoms with van der Waals surface area (Å²) < 4.78 is 11.2. The van der Waals surface area contributed by atoms with Crippen molar-refractivity contribution in [1.29, 1.82) is 0 Å². The molecule has 0 aliphatic carbocycles. The first-order valence-electron chi connectivity index (χ1n) is 5.61. The van der Waals surface area contributed by atoms with E-state index in [9.17, 15) is 9.59 Å². The number of carbonyl (C=O) groups is 2. The summed E-state index contributed by atoms with van der Waals surface area (Å²) in [4.78, 5) is 24.2. The van der Waals surface area contributed by atoms with Crippen molar-refractivity contribution in [2.45, 2.75) is 26.6 Å². The van der Waals surface area contributed by atoms with E-state index in [4.69, 9.17) is 9.47 Å². The Morgan fingerprint density at radius 2 is 1.94 bits per heavy atom. The maximum atomic E-state index is 11.8. The molecule has 1 aromatic heterocycles. The van der Waals surface area contributed by atoms with E-state index >= 15 is 0 Å². The van der Waals surface area contributed by atoms with Crippen molar-refractivity contribution in [2.24, 2.45) is 0 Å². The Morgan fingerprint density at radius 3 is 2.39 bits per heavy atom. The minimum absolute atomic E-state index is 0.197. The third-order valence-corrected chi connectivity index (χ3v) is 3.81. The third-order valence-electron chi connectivity index (χ3n) is 2.08. The van der Waals surface area contributed by atoms with Gasteiger partial charge in [-0.2, -0.15) is 0 Å². The van der Waals surface area contributed by atoms with Crippen LogP contribution in [-0.2, 0) is 14.3 Å². The van der Waals surface area contributed by atoms with E-state index in [1.807, 2.05) is 0 Å². The van der Waals surface area contributed by atoms with Gasteiger partial charge in [0.15, 0.2) is 11.6 Å². The van der Waals surface area contributed by atoms with E-state index in [0.717, 1.165) is 4.47 Å². The van der Waals surface area contributed by atoms with E-state index in [1.54, 1.807) is 25.3 Å². The van der Waals surface area contributed by atoms with Crippen molar-refractivity contribution < 1.29 is 19.1 Å². The van der Waals surface area contributed by atoms with Crippen molar-refractivity contribution in [1.82, 2.24) is 0 Å². The second-order valence-electron chi connectivity index (χ2n) is 3.44. The molecule has 0 unspecified atom stereocenters. The number of halogens is 1. The van der Waals surface area contributed by atoms with Crippen molar-refractivity contribution in [3.63, 3.8) is 0 Å². The molecule has 6 heteroatoms. The van der Waals surface area contributed by atoms with Crippen LogP contribution in [0.3, 0.4) is 0 Å². The summed E-state index contributed by atoms with van der Waals surface area (Å²) in [6, 6.07) is 1.71. The third kappa shape index (κ3) is 4.61. The molecule has 0 bridgehead atoms. The first-order valence-corrected chi connectivity index (χ1v) is 7.28. The highest BCUT2D eigenvalue weighted by Crippen LogP contribution is 2.21. The fraction of sp³-hybridized carbons (Fsp3) is 0.500. The zero-order valence-corrected chi connectivity index (χ0v) is 12.7. The van der Waals surface area contributed by atoms with Gasteiger partial charge in [-0.1, -0.05) is 0 Å². The normalized spacial score (nSPS) is 10.9. The zero-order chi connectivity index (χ0) is 13.5. The molecule has 0 spiro atoms. The van der Waals surface area contributed by atoms with Gasteiger partial charge in [0.2, 0.25) is 6.29 Å². The Bertz CT molecular complexity index is 410. The minimum atomic E-state index is -0.938. The van der Waals surface area contributed by atoms with Crippen LogP contribution in [0.2, 0.25) is 0 Å². The Morgan fingerprint density at radius 1 is 1.33 bits per heavy atom. The number of rotatable bonds is 8. The van der Waals surface area contributed by atoms with Crippen LogP contribution < -0.4 is 0 Å². The Hall–Kier alpha value is -0.560. The number of carbonyl (C=O) groups excluding carboxylic acids is 2. The lowest BCUT2D eigenvalue weighted by Crippen LogP contribution is -2.29. The van der Waals surface area contributed by atoms with Gasteiger partial charge in [0.05, 0.1) is 11.3 Å². The van der Waals surface area contributed by atoms with Gasteiger partial charge in [-0.25, -0.2) is 0 Å². The molecule has 4 nitrogen and oxygen atoms in total. The van der Waals surface area contributed by atoms with Gasteiger partial charge < -0.3 is 9.47 Å². The summed E-state index contributed by atoms with van der Waals surface area (Å²) in [5, 5.41) is 1.81. The highest BCUT2D eigenvalue weighted by Gasteiger charge is 2.22. The summed E-state index contributed by atoms with van der Waals surface area (Å²) in [7, 11) is 0. The second kappa shape index (κ2) is 7.78. The average molecular weight is 335 g/mol.